The highest BCUT2D eigenvalue weighted by Crippen LogP contribution is 2.31. The summed E-state index contributed by atoms with van der Waals surface area (Å²) in [4.78, 5) is 48.3. The smallest absolute Gasteiger partial charge is 0.407 e. The molecule has 2 heterocycles. The number of nitrogens with zero attached hydrogens (tertiary/aromatic N) is 3. The Morgan fingerprint density at radius 1 is 1.07 bits per heavy atom. The fraction of sp³-hybridized carbons (Fsp3) is 0.581. The number of amides is 1. The summed E-state index contributed by atoms with van der Waals surface area (Å²) >= 11 is 0. The minimum absolute atomic E-state index is 0.0132. The van der Waals surface area contributed by atoms with Crippen LogP contribution in [0.3, 0.4) is 0 Å². The number of anilines is 1. The van der Waals surface area contributed by atoms with E-state index in [4.69, 9.17) is 9.47 Å². The standard InChI is InChI=1S/C31H42N4O6/c1-31(2,3)41-30(39)34-18-21-7-9-23(10-8-21)27(36)17-25(28(37)38)16-22-5-4-6-24(15-22)26-19-32-29(33-20-26)35-11-13-40-14-12-35/h4-6,15,19-21,23,25H,7-14,16-18H2,1-3H3,(H,34,39)(H,37,38)/t21?,23?,25-/m1/s1. The van der Waals surface area contributed by atoms with E-state index >= 15 is 0 Å². The van der Waals surface area contributed by atoms with Crippen molar-refractivity contribution in [2.45, 2.75) is 64.9 Å². The molecule has 41 heavy (non-hydrogen) atoms. The number of nitrogens with one attached hydrogen (secondary N) is 1. The molecule has 1 aliphatic heterocycles. The van der Waals surface area contributed by atoms with Crippen LogP contribution in [0.25, 0.3) is 11.1 Å². The van der Waals surface area contributed by atoms with Crippen LogP contribution < -0.4 is 10.2 Å². The van der Waals surface area contributed by atoms with Crippen molar-refractivity contribution in [3.8, 4) is 11.1 Å². The Morgan fingerprint density at radius 3 is 2.39 bits per heavy atom. The minimum Gasteiger partial charge on any atom is -0.481 e. The van der Waals surface area contributed by atoms with E-state index in [9.17, 15) is 19.5 Å². The zero-order valence-electron chi connectivity index (χ0n) is 24.3. The van der Waals surface area contributed by atoms with E-state index < -0.39 is 23.6 Å². The third kappa shape index (κ3) is 9.24. The van der Waals surface area contributed by atoms with Crippen molar-refractivity contribution in [1.29, 1.82) is 0 Å². The number of alkyl carbamates (subject to hydrolysis) is 1. The molecule has 222 valence electrons. The van der Waals surface area contributed by atoms with E-state index in [0.29, 0.717) is 38.5 Å². The van der Waals surface area contributed by atoms with Gasteiger partial charge in [0.25, 0.3) is 0 Å². The number of carbonyl (C=O) groups excluding carboxylic acids is 2. The number of rotatable bonds is 10. The number of benzene rings is 1. The van der Waals surface area contributed by atoms with Crippen LogP contribution in [0.4, 0.5) is 10.7 Å². The molecule has 2 N–H and O–H groups in total. The molecule has 1 saturated carbocycles. The average molecular weight is 567 g/mol. The quantitative estimate of drug-likeness (QED) is 0.426. The van der Waals surface area contributed by atoms with Gasteiger partial charge in [0.1, 0.15) is 11.4 Å². The molecule has 0 spiro atoms. The molecule has 0 unspecified atom stereocenters. The van der Waals surface area contributed by atoms with Gasteiger partial charge in [-0.2, -0.15) is 0 Å². The first kappa shape index (κ1) is 30.4. The Balaban J connectivity index is 1.28. The number of carboxylic acid groups (broad SMARTS) is 1. The fourth-order valence-corrected chi connectivity index (χ4v) is 5.45. The van der Waals surface area contributed by atoms with Gasteiger partial charge in [0.05, 0.1) is 19.1 Å². The zero-order valence-corrected chi connectivity index (χ0v) is 24.3. The lowest BCUT2D eigenvalue weighted by Gasteiger charge is -2.29. The number of carboxylic acids is 1. The zero-order chi connectivity index (χ0) is 29.4. The Hall–Kier alpha value is -3.53. The first-order chi connectivity index (χ1) is 19.6. The highest BCUT2D eigenvalue weighted by molar-refractivity contribution is 5.85. The molecule has 1 aliphatic carbocycles. The van der Waals surface area contributed by atoms with E-state index in [1.807, 2.05) is 45.0 Å². The molecule has 4 rings (SSSR count). The second-order valence-corrected chi connectivity index (χ2v) is 12.1. The van der Waals surface area contributed by atoms with Gasteiger partial charge in [-0.3, -0.25) is 9.59 Å². The van der Waals surface area contributed by atoms with Crippen LogP contribution >= 0.6 is 0 Å². The van der Waals surface area contributed by atoms with Gasteiger partial charge in [-0.25, -0.2) is 14.8 Å². The molecule has 10 nitrogen and oxygen atoms in total. The van der Waals surface area contributed by atoms with Gasteiger partial charge in [0.15, 0.2) is 0 Å². The number of aromatic nitrogens is 2. The molecule has 1 aromatic heterocycles. The van der Waals surface area contributed by atoms with Crippen molar-refractivity contribution < 1.29 is 29.0 Å². The molecule has 1 aromatic carbocycles. The van der Waals surface area contributed by atoms with E-state index in [1.165, 1.54) is 0 Å². The Kier molecular flexibility index (Phi) is 10.3. The van der Waals surface area contributed by atoms with Crippen LogP contribution in [0.5, 0.6) is 0 Å². The topological polar surface area (TPSA) is 131 Å². The SMILES string of the molecule is CC(C)(C)OC(=O)NCC1CCC(C(=O)C[C@@H](Cc2cccc(-c3cnc(N4CCOCC4)nc3)c2)C(=O)O)CC1. The number of hydrogen-bond donors (Lipinski definition) is 2. The molecule has 1 atom stereocenters. The predicted octanol–water partition coefficient (Wildman–Crippen LogP) is 4.51. The lowest BCUT2D eigenvalue weighted by atomic mass is 9.77. The molecule has 0 bridgehead atoms. The molecule has 2 fully saturated rings. The van der Waals surface area contributed by atoms with Crippen LogP contribution in [-0.2, 0) is 25.5 Å². The molecule has 10 heteroatoms. The summed E-state index contributed by atoms with van der Waals surface area (Å²) in [7, 11) is 0. The summed E-state index contributed by atoms with van der Waals surface area (Å²) in [6, 6.07) is 7.70. The lowest BCUT2D eigenvalue weighted by molar-refractivity contribution is -0.144. The van der Waals surface area contributed by atoms with Crippen LogP contribution in [-0.4, -0.2) is 71.4 Å². The number of ether oxygens (including phenoxy) is 2. The Morgan fingerprint density at radius 2 is 1.76 bits per heavy atom. The maximum atomic E-state index is 13.1. The second-order valence-electron chi connectivity index (χ2n) is 12.1. The first-order valence-electron chi connectivity index (χ1n) is 14.5. The van der Waals surface area contributed by atoms with Crippen LogP contribution in [0.15, 0.2) is 36.7 Å². The monoisotopic (exact) mass is 566 g/mol. The highest BCUT2D eigenvalue weighted by atomic mass is 16.6. The van der Waals surface area contributed by atoms with Crippen molar-refractivity contribution in [2.75, 3.05) is 37.7 Å². The first-order valence-corrected chi connectivity index (χ1v) is 14.5. The van der Waals surface area contributed by atoms with Gasteiger partial charge in [-0.15, -0.1) is 0 Å². The number of carbonyl (C=O) groups is 3. The van der Waals surface area contributed by atoms with Crippen molar-refractivity contribution in [3.63, 3.8) is 0 Å². The number of ketones is 1. The lowest BCUT2D eigenvalue weighted by Crippen LogP contribution is -2.37. The molecule has 2 aromatic rings. The van der Waals surface area contributed by atoms with E-state index in [1.54, 1.807) is 12.4 Å². The fourth-order valence-electron chi connectivity index (χ4n) is 5.45. The van der Waals surface area contributed by atoms with Gasteiger partial charge in [0, 0.05) is 49.9 Å². The van der Waals surface area contributed by atoms with Gasteiger partial charge in [-0.1, -0.05) is 24.3 Å². The Labute approximate surface area is 241 Å². The van der Waals surface area contributed by atoms with Crippen molar-refractivity contribution in [2.24, 2.45) is 17.8 Å². The molecule has 0 radical (unpaired) electrons. The van der Waals surface area contributed by atoms with E-state index in [-0.39, 0.29) is 30.5 Å². The van der Waals surface area contributed by atoms with Gasteiger partial charge < -0.3 is 24.8 Å². The van der Waals surface area contributed by atoms with Gasteiger partial charge in [-0.05, 0) is 69.9 Å². The number of morpholine rings is 1. The number of Topliss-reactive ketones (excluding diaryl/α,β-unsaturated/α-hetero) is 1. The second kappa shape index (κ2) is 13.9. The van der Waals surface area contributed by atoms with Crippen molar-refractivity contribution >= 4 is 23.8 Å². The summed E-state index contributed by atoms with van der Waals surface area (Å²) in [5.41, 5.74) is 2.07. The highest BCUT2D eigenvalue weighted by Gasteiger charge is 2.30. The summed E-state index contributed by atoms with van der Waals surface area (Å²) in [5.74, 6) is -0.911. The van der Waals surface area contributed by atoms with E-state index in [2.05, 4.69) is 20.2 Å². The molecule has 1 saturated heterocycles. The summed E-state index contributed by atoms with van der Waals surface area (Å²) in [5, 5.41) is 12.8. The molecular formula is C31H42N4O6. The summed E-state index contributed by atoms with van der Waals surface area (Å²) in [6.45, 7) is 8.84. The predicted molar refractivity (Wildman–Crippen MR) is 155 cm³/mol. The van der Waals surface area contributed by atoms with Gasteiger partial charge >= 0.3 is 12.1 Å². The molecule has 2 aliphatic rings. The third-order valence-electron chi connectivity index (χ3n) is 7.71. The third-order valence-corrected chi connectivity index (χ3v) is 7.71. The van der Waals surface area contributed by atoms with Crippen LogP contribution in [0, 0.1) is 17.8 Å². The summed E-state index contributed by atoms with van der Waals surface area (Å²) in [6.07, 6.45) is 6.49. The van der Waals surface area contributed by atoms with E-state index in [0.717, 1.165) is 42.6 Å². The number of hydrogen-bond acceptors (Lipinski definition) is 8. The summed E-state index contributed by atoms with van der Waals surface area (Å²) < 4.78 is 10.7. The van der Waals surface area contributed by atoms with Crippen LogP contribution in [0.1, 0.15) is 58.4 Å². The van der Waals surface area contributed by atoms with Crippen molar-refractivity contribution in [3.05, 3.63) is 42.2 Å². The largest absolute Gasteiger partial charge is 0.481 e. The maximum absolute atomic E-state index is 13.1. The number of aliphatic carboxylic acids is 1. The Bertz CT molecular complexity index is 1180. The van der Waals surface area contributed by atoms with Gasteiger partial charge in [0.2, 0.25) is 5.95 Å². The molecular weight excluding hydrogens is 524 g/mol. The van der Waals surface area contributed by atoms with Crippen molar-refractivity contribution in [1.82, 2.24) is 15.3 Å². The maximum Gasteiger partial charge on any atom is 0.407 e. The normalized spacial score (nSPS) is 20.2. The van der Waals surface area contributed by atoms with Crippen LogP contribution in [0.2, 0.25) is 0 Å². The average Bonchev–Trinajstić information content (AvgIpc) is 2.96. The molecule has 1 amide bonds. The minimum atomic E-state index is -0.961.